The molecule has 0 spiro atoms. The Hall–Kier alpha value is -2.60. The molecule has 1 N–H and O–H groups in total. The van der Waals surface area contributed by atoms with E-state index in [-0.39, 0.29) is 11.9 Å². The van der Waals surface area contributed by atoms with E-state index in [1.165, 1.54) is 0 Å². The maximum absolute atomic E-state index is 12.8. The van der Waals surface area contributed by atoms with Crippen molar-refractivity contribution in [3.63, 3.8) is 0 Å². The second kappa shape index (κ2) is 6.72. The van der Waals surface area contributed by atoms with Gasteiger partial charge in [-0.05, 0) is 19.4 Å². The first kappa shape index (κ1) is 15.9. The summed E-state index contributed by atoms with van der Waals surface area (Å²) in [5.41, 5.74) is 1.52. The van der Waals surface area contributed by atoms with Gasteiger partial charge in [-0.1, -0.05) is 18.2 Å². The van der Waals surface area contributed by atoms with Crippen LogP contribution in [0.4, 0.5) is 0 Å². The zero-order valence-corrected chi connectivity index (χ0v) is 14.2. The Morgan fingerprint density at radius 1 is 1.44 bits per heavy atom. The van der Waals surface area contributed by atoms with E-state index in [1.54, 1.807) is 6.20 Å². The van der Waals surface area contributed by atoms with Gasteiger partial charge in [-0.25, -0.2) is 4.98 Å². The first-order valence-corrected chi connectivity index (χ1v) is 8.65. The van der Waals surface area contributed by atoms with Gasteiger partial charge in [0.15, 0.2) is 5.76 Å². The quantitative estimate of drug-likeness (QED) is 0.776. The Kier molecular flexibility index (Phi) is 4.28. The van der Waals surface area contributed by atoms with Crippen molar-refractivity contribution in [3.05, 3.63) is 53.8 Å². The molecular formula is C19H21N3O3. The van der Waals surface area contributed by atoms with E-state index in [0.717, 1.165) is 36.2 Å². The van der Waals surface area contributed by atoms with E-state index in [1.807, 2.05) is 37.4 Å². The van der Waals surface area contributed by atoms with E-state index >= 15 is 0 Å². The van der Waals surface area contributed by atoms with Crippen molar-refractivity contribution in [2.45, 2.75) is 39.0 Å². The molecule has 0 bridgehead atoms. The number of carbonyl (C=O) groups is 1. The number of furan rings is 1. The monoisotopic (exact) mass is 339 g/mol. The first-order chi connectivity index (χ1) is 12.3. The van der Waals surface area contributed by atoms with Crippen LogP contribution >= 0.6 is 0 Å². The Morgan fingerprint density at radius 3 is 3.20 bits per heavy atom. The predicted molar refractivity (Wildman–Crippen MR) is 93.3 cm³/mol. The van der Waals surface area contributed by atoms with E-state index in [4.69, 9.17) is 9.15 Å². The van der Waals surface area contributed by atoms with Crippen molar-refractivity contribution in [2.75, 3.05) is 6.61 Å². The average molecular weight is 339 g/mol. The lowest BCUT2D eigenvalue weighted by atomic mass is 10.1. The van der Waals surface area contributed by atoms with Crippen molar-refractivity contribution in [3.8, 4) is 0 Å². The number of para-hydroxylation sites is 1. The number of nitrogens with zero attached hydrogens (tertiary/aromatic N) is 2. The summed E-state index contributed by atoms with van der Waals surface area (Å²) < 4.78 is 13.5. The SMILES string of the molecule is CCOCc1c(C(=O)NC2CCc3nccn3C2)oc2ccccc12. The van der Waals surface area contributed by atoms with Gasteiger partial charge in [-0.2, -0.15) is 0 Å². The number of hydrogen-bond acceptors (Lipinski definition) is 4. The molecule has 3 aromatic rings. The van der Waals surface area contributed by atoms with Crippen LogP contribution in [0.1, 0.15) is 35.3 Å². The third-order valence-electron chi connectivity index (χ3n) is 4.63. The molecule has 6 heteroatoms. The number of ether oxygens (including phenoxy) is 1. The van der Waals surface area contributed by atoms with Gasteiger partial charge in [0.25, 0.3) is 5.91 Å². The Balaban J connectivity index is 1.57. The highest BCUT2D eigenvalue weighted by Crippen LogP contribution is 2.27. The van der Waals surface area contributed by atoms with Crippen molar-refractivity contribution in [2.24, 2.45) is 0 Å². The standard InChI is InChI=1S/C19H21N3O3/c1-2-24-12-15-14-5-3-4-6-16(14)25-18(15)19(23)21-13-7-8-17-20-9-10-22(17)11-13/h3-6,9-10,13H,2,7-8,11-12H2,1H3,(H,21,23). The topological polar surface area (TPSA) is 69.3 Å². The van der Waals surface area contributed by atoms with Crippen molar-refractivity contribution in [1.29, 1.82) is 0 Å². The summed E-state index contributed by atoms with van der Waals surface area (Å²) in [7, 11) is 0. The maximum Gasteiger partial charge on any atom is 0.287 e. The van der Waals surface area contributed by atoms with Crippen LogP contribution in [0, 0.1) is 0 Å². The number of amides is 1. The molecule has 6 nitrogen and oxygen atoms in total. The number of carbonyl (C=O) groups excluding carboxylic acids is 1. The van der Waals surface area contributed by atoms with Crippen molar-refractivity contribution < 1.29 is 13.9 Å². The van der Waals surface area contributed by atoms with Gasteiger partial charge in [-0.3, -0.25) is 4.79 Å². The Labute approximate surface area is 145 Å². The number of benzene rings is 1. The van der Waals surface area contributed by atoms with E-state index in [9.17, 15) is 4.79 Å². The molecule has 0 saturated carbocycles. The fourth-order valence-corrected chi connectivity index (χ4v) is 3.36. The van der Waals surface area contributed by atoms with Gasteiger partial charge in [0.05, 0.1) is 6.61 Å². The molecule has 2 aromatic heterocycles. The Bertz CT molecular complexity index is 896. The zero-order valence-electron chi connectivity index (χ0n) is 14.2. The number of aryl methyl sites for hydroxylation is 1. The summed E-state index contributed by atoms with van der Waals surface area (Å²) in [4.78, 5) is 17.2. The molecule has 1 aliphatic heterocycles. The molecule has 1 atom stereocenters. The van der Waals surface area contributed by atoms with Crippen LogP contribution in [-0.4, -0.2) is 28.1 Å². The van der Waals surface area contributed by atoms with Crippen LogP contribution in [-0.2, 0) is 24.3 Å². The van der Waals surface area contributed by atoms with Gasteiger partial charge in [0.2, 0.25) is 0 Å². The first-order valence-electron chi connectivity index (χ1n) is 8.65. The lowest BCUT2D eigenvalue weighted by molar-refractivity contribution is 0.0889. The van der Waals surface area contributed by atoms with Gasteiger partial charge < -0.3 is 19.0 Å². The van der Waals surface area contributed by atoms with Crippen LogP contribution in [0.25, 0.3) is 11.0 Å². The van der Waals surface area contributed by atoms with Gasteiger partial charge >= 0.3 is 0 Å². The molecule has 0 fully saturated rings. The summed E-state index contributed by atoms with van der Waals surface area (Å²) in [6.07, 6.45) is 5.50. The average Bonchev–Trinajstić information content (AvgIpc) is 3.23. The van der Waals surface area contributed by atoms with Crippen LogP contribution in [0.5, 0.6) is 0 Å². The van der Waals surface area contributed by atoms with Gasteiger partial charge in [-0.15, -0.1) is 0 Å². The summed E-state index contributed by atoms with van der Waals surface area (Å²) >= 11 is 0. The van der Waals surface area contributed by atoms with Crippen LogP contribution in [0.15, 0.2) is 41.1 Å². The van der Waals surface area contributed by atoms with Gasteiger partial charge in [0, 0.05) is 49.0 Å². The molecule has 0 aliphatic carbocycles. The lowest BCUT2D eigenvalue weighted by Crippen LogP contribution is -2.41. The highest BCUT2D eigenvalue weighted by Gasteiger charge is 2.25. The molecule has 0 radical (unpaired) electrons. The van der Waals surface area contributed by atoms with Crippen molar-refractivity contribution in [1.82, 2.24) is 14.9 Å². The summed E-state index contributed by atoms with van der Waals surface area (Å²) in [5, 5.41) is 4.04. The number of fused-ring (bicyclic) bond motifs is 2. The highest BCUT2D eigenvalue weighted by atomic mass is 16.5. The molecule has 130 valence electrons. The van der Waals surface area contributed by atoms with Gasteiger partial charge in [0.1, 0.15) is 11.4 Å². The molecule has 3 heterocycles. The predicted octanol–water partition coefficient (Wildman–Crippen LogP) is 2.91. The minimum absolute atomic E-state index is 0.0716. The molecule has 1 aromatic carbocycles. The summed E-state index contributed by atoms with van der Waals surface area (Å²) in [6, 6.07) is 7.75. The van der Waals surface area contributed by atoms with Crippen LogP contribution < -0.4 is 5.32 Å². The fourth-order valence-electron chi connectivity index (χ4n) is 3.36. The maximum atomic E-state index is 12.8. The minimum Gasteiger partial charge on any atom is -0.451 e. The molecular weight excluding hydrogens is 318 g/mol. The molecule has 4 rings (SSSR count). The Morgan fingerprint density at radius 2 is 2.32 bits per heavy atom. The largest absolute Gasteiger partial charge is 0.451 e. The minimum atomic E-state index is -0.181. The molecule has 25 heavy (non-hydrogen) atoms. The summed E-state index contributed by atoms with van der Waals surface area (Å²) in [5.74, 6) is 1.25. The van der Waals surface area contributed by atoms with E-state index < -0.39 is 0 Å². The zero-order chi connectivity index (χ0) is 17.2. The third-order valence-corrected chi connectivity index (χ3v) is 4.63. The number of aromatic nitrogens is 2. The number of nitrogens with one attached hydrogen (secondary N) is 1. The molecule has 0 saturated heterocycles. The smallest absolute Gasteiger partial charge is 0.287 e. The fraction of sp³-hybridized carbons (Fsp3) is 0.368. The van der Waals surface area contributed by atoms with E-state index in [2.05, 4.69) is 14.9 Å². The van der Waals surface area contributed by atoms with Crippen LogP contribution in [0.3, 0.4) is 0 Å². The van der Waals surface area contributed by atoms with E-state index in [0.29, 0.717) is 24.6 Å². The lowest BCUT2D eigenvalue weighted by Gasteiger charge is -2.24. The normalized spacial score (nSPS) is 16.8. The molecule has 1 aliphatic rings. The van der Waals surface area contributed by atoms with Crippen LogP contribution in [0.2, 0.25) is 0 Å². The third kappa shape index (κ3) is 3.05. The number of hydrogen-bond donors (Lipinski definition) is 1. The number of imidazole rings is 1. The second-order valence-corrected chi connectivity index (χ2v) is 6.25. The second-order valence-electron chi connectivity index (χ2n) is 6.25. The molecule has 1 unspecified atom stereocenters. The summed E-state index contributed by atoms with van der Waals surface area (Å²) in [6.45, 7) is 3.63. The van der Waals surface area contributed by atoms with Crippen molar-refractivity contribution >= 4 is 16.9 Å². The molecule has 1 amide bonds. The highest BCUT2D eigenvalue weighted by molar-refractivity contribution is 5.99. The number of rotatable bonds is 5.